The van der Waals surface area contributed by atoms with Gasteiger partial charge in [0.25, 0.3) is 0 Å². The highest BCUT2D eigenvalue weighted by atomic mass is 16.6. The molecule has 6 nitrogen and oxygen atoms in total. The molecule has 0 aromatic rings. The van der Waals surface area contributed by atoms with E-state index in [0.717, 1.165) is 109 Å². The first-order valence-electron chi connectivity index (χ1n) is 28.7. The number of allylic oxidation sites excluding steroid dienone is 16. The Hall–Kier alpha value is -3.67. The molecule has 1 atom stereocenters. The molecule has 0 saturated heterocycles. The summed E-state index contributed by atoms with van der Waals surface area (Å²) in [5.41, 5.74) is 0. The normalized spacial score (nSPS) is 12.8. The lowest BCUT2D eigenvalue weighted by Crippen LogP contribution is -2.30. The maximum absolute atomic E-state index is 12.9. The molecule has 6 heteroatoms. The molecule has 0 amide bonds. The van der Waals surface area contributed by atoms with Gasteiger partial charge in [-0.15, -0.1) is 0 Å². The average molecular weight is 960 g/mol. The van der Waals surface area contributed by atoms with E-state index in [1.54, 1.807) is 0 Å². The summed E-state index contributed by atoms with van der Waals surface area (Å²) in [6, 6.07) is 0. The van der Waals surface area contributed by atoms with Crippen LogP contribution in [-0.2, 0) is 28.6 Å². The van der Waals surface area contributed by atoms with E-state index in [1.807, 2.05) is 0 Å². The van der Waals surface area contributed by atoms with Crippen molar-refractivity contribution in [2.45, 2.75) is 271 Å². The van der Waals surface area contributed by atoms with E-state index in [1.165, 1.54) is 116 Å². The topological polar surface area (TPSA) is 78.9 Å². The fraction of sp³-hybridized carbons (Fsp3) is 0.698. The SMILES string of the molecule is CCCCC/C=C\C/C=C\C/C=C\C/C=C\CCCCCC(=O)OC[C@H](COC(=O)CCCCCCCCC/C=C\CCCCCC)OC(=O)CCCCCC/C=C\C/C=C\C/C=C\CCCCC. The predicted molar refractivity (Wildman–Crippen MR) is 297 cm³/mol. The van der Waals surface area contributed by atoms with Crippen molar-refractivity contribution < 1.29 is 28.6 Å². The number of carbonyl (C=O) groups excluding carboxylic acids is 3. The summed E-state index contributed by atoms with van der Waals surface area (Å²) in [7, 11) is 0. The van der Waals surface area contributed by atoms with Crippen molar-refractivity contribution in [1.82, 2.24) is 0 Å². The van der Waals surface area contributed by atoms with Crippen LogP contribution in [0.15, 0.2) is 97.2 Å². The van der Waals surface area contributed by atoms with E-state index in [0.29, 0.717) is 19.3 Å². The van der Waals surface area contributed by atoms with Crippen molar-refractivity contribution in [3.05, 3.63) is 97.2 Å². The first-order valence-corrected chi connectivity index (χ1v) is 28.7. The van der Waals surface area contributed by atoms with Crippen molar-refractivity contribution >= 4 is 17.9 Å². The van der Waals surface area contributed by atoms with E-state index in [-0.39, 0.29) is 31.1 Å². The number of hydrogen-bond donors (Lipinski definition) is 0. The Morgan fingerprint density at radius 1 is 0.290 bits per heavy atom. The fourth-order valence-electron chi connectivity index (χ4n) is 7.66. The van der Waals surface area contributed by atoms with Gasteiger partial charge in [0.2, 0.25) is 0 Å². The Morgan fingerprint density at radius 2 is 0.522 bits per heavy atom. The van der Waals surface area contributed by atoms with Crippen LogP contribution in [0.1, 0.15) is 265 Å². The van der Waals surface area contributed by atoms with Crippen LogP contribution in [0.2, 0.25) is 0 Å². The second kappa shape index (κ2) is 56.9. The highest BCUT2D eigenvalue weighted by molar-refractivity contribution is 5.71. The maximum atomic E-state index is 12.9. The zero-order valence-corrected chi connectivity index (χ0v) is 45.0. The third-order valence-corrected chi connectivity index (χ3v) is 12.0. The Morgan fingerprint density at radius 3 is 0.870 bits per heavy atom. The molecular weight excluding hydrogens is 853 g/mol. The Kier molecular flexibility index (Phi) is 53.9. The van der Waals surface area contributed by atoms with Gasteiger partial charge in [-0.05, 0) is 128 Å². The highest BCUT2D eigenvalue weighted by Crippen LogP contribution is 2.14. The molecule has 0 aliphatic heterocycles. The summed E-state index contributed by atoms with van der Waals surface area (Å²) in [6.45, 7) is 6.53. The van der Waals surface area contributed by atoms with E-state index in [2.05, 4.69) is 118 Å². The van der Waals surface area contributed by atoms with Gasteiger partial charge in [-0.25, -0.2) is 0 Å². The molecule has 0 radical (unpaired) electrons. The van der Waals surface area contributed by atoms with Crippen LogP contribution in [0.4, 0.5) is 0 Å². The third kappa shape index (κ3) is 55.1. The molecule has 394 valence electrons. The van der Waals surface area contributed by atoms with Crippen LogP contribution in [-0.4, -0.2) is 37.2 Å². The minimum absolute atomic E-state index is 0.0998. The van der Waals surface area contributed by atoms with E-state index in [9.17, 15) is 14.4 Å². The first-order chi connectivity index (χ1) is 34.0. The molecule has 0 heterocycles. The van der Waals surface area contributed by atoms with Crippen LogP contribution in [0.3, 0.4) is 0 Å². The predicted octanol–water partition coefficient (Wildman–Crippen LogP) is 19.3. The van der Waals surface area contributed by atoms with Crippen LogP contribution in [0.25, 0.3) is 0 Å². The number of carbonyl (C=O) groups is 3. The molecule has 0 N–H and O–H groups in total. The molecule has 0 rings (SSSR count). The van der Waals surface area contributed by atoms with Crippen molar-refractivity contribution in [1.29, 1.82) is 0 Å². The molecule has 0 aromatic carbocycles. The standard InChI is InChI=1S/C63H106O6/c1-4-7-10-13-16-19-22-25-28-30-31-33-35-38-41-44-47-50-53-56-62(65)68-59-60(58-67-61(64)55-52-49-46-43-40-37-34-27-24-21-18-15-12-9-6-3)69-63(66)57-54-51-48-45-42-39-36-32-29-26-23-20-17-14-11-8-5-2/h16-17,19-21,24-26,28-29,31,33,36,38-39,41,60H,4-15,18,22-23,27,30,32,34-35,37,40,42-59H2,1-3H3/b19-16-,20-17-,24-21-,28-25-,29-26-,33-31-,39-36-,41-38-/t60-/m0/s1. The molecule has 0 aromatic heterocycles. The fourth-order valence-corrected chi connectivity index (χ4v) is 7.66. The zero-order chi connectivity index (χ0) is 50.0. The average Bonchev–Trinajstić information content (AvgIpc) is 3.35. The van der Waals surface area contributed by atoms with Crippen molar-refractivity contribution in [3.63, 3.8) is 0 Å². The summed E-state index contributed by atoms with van der Waals surface area (Å²) in [4.78, 5) is 38.2. The zero-order valence-electron chi connectivity index (χ0n) is 45.0. The lowest BCUT2D eigenvalue weighted by molar-refractivity contribution is -0.167. The molecule has 0 saturated carbocycles. The maximum Gasteiger partial charge on any atom is 0.306 e. The summed E-state index contributed by atoms with van der Waals surface area (Å²) in [6.07, 6.45) is 75.3. The number of ether oxygens (including phenoxy) is 3. The molecule has 0 aliphatic rings. The molecule has 69 heavy (non-hydrogen) atoms. The van der Waals surface area contributed by atoms with Crippen LogP contribution in [0.5, 0.6) is 0 Å². The summed E-state index contributed by atoms with van der Waals surface area (Å²) >= 11 is 0. The largest absolute Gasteiger partial charge is 0.462 e. The lowest BCUT2D eigenvalue weighted by Gasteiger charge is -2.18. The molecule has 0 aliphatic carbocycles. The Balaban J connectivity index is 4.50. The monoisotopic (exact) mass is 959 g/mol. The van der Waals surface area contributed by atoms with Gasteiger partial charge >= 0.3 is 17.9 Å². The lowest BCUT2D eigenvalue weighted by atomic mass is 10.1. The molecule has 0 bridgehead atoms. The van der Waals surface area contributed by atoms with Gasteiger partial charge in [-0.3, -0.25) is 14.4 Å². The summed E-state index contributed by atoms with van der Waals surface area (Å²) < 4.78 is 16.8. The minimum Gasteiger partial charge on any atom is -0.462 e. The van der Waals surface area contributed by atoms with Gasteiger partial charge in [-0.2, -0.15) is 0 Å². The molecule has 0 unspecified atom stereocenters. The van der Waals surface area contributed by atoms with E-state index >= 15 is 0 Å². The van der Waals surface area contributed by atoms with Gasteiger partial charge in [0.1, 0.15) is 13.2 Å². The van der Waals surface area contributed by atoms with Crippen LogP contribution in [0, 0.1) is 0 Å². The number of rotatable bonds is 51. The van der Waals surface area contributed by atoms with E-state index < -0.39 is 6.10 Å². The van der Waals surface area contributed by atoms with Gasteiger partial charge < -0.3 is 14.2 Å². The van der Waals surface area contributed by atoms with Crippen molar-refractivity contribution in [2.75, 3.05) is 13.2 Å². The minimum atomic E-state index is -0.806. The molecular formula is C63H106O6. The van der Waals surface area contributed by atoms with Crippen LogP contribution < -0.4 is 0 Å². The highest BCUT2D eigenvalue weighted by Gasteiger charge is 2.19. The smallest absolute Gasteiger partial charge is 0.306 e. The summed E-state index contributed by atoms with van der Waals surface area (Å²) in [5.74, 6) is -0.956. The van der Waals surface area contributed by atoms with Crippen molar-refractivity contribution in [2.24, 2.45) is 0 Å². The number of esters is 3. The Labute approximate surface area is 426 Å². The third-order valence-electron chi connectivity index (χ3n) is 12.0. The first kappa shape index (κ1) is 65.3. The Bertz CT molecular complexity index is 1380. The molecule has 0 fully saturated rings. The van der Waals surface area contributed by atoms with Crippen molar-refractivity contribution in [3.8, 4) is 0 Å². The van der Waals surface area contributed by atoms with Crippen LogP contribution >= 0.6 is 0 Å². The second-order valence-corrected chi connectivity index (χ2v) is 18.8. The van der Waals surface area contributed by atoms with Gasteiger partial charge in [0, 0.05) is 19.3 Å². The van der Waals surface area contributed by atoms with Gasteiger partial charge in [0.05, 0.1) is 0 Å². The van der Waals surface area contributed by atoms with E-state index in [4.69, 9.17) is 14.2 Å². The summed E-state index contributed by atoms with van der Waals surface area (Å²) in [5, 5.41) is 0. The number of hydrogen-bond acceptors (Lipinski definition) is 6. The van der Waals surface area contributed by atoms with Gasteiger partial charge in [-0.1, -0.05) is 214 Å². The molecule has 0 spiro atoms. The number of unbranched alkanes of at least 4 members (excludes halogenated alkanes) is 24. The van der Waals surface area contributed by atoms with Gasteiger partial charge in [0.15, 0.2) is 6.10 Å². The second-order valence-electron chi connectivity index (χ2n) is 18.8. The quantitative estimate of drug-likeness (QED) is 0.0262.